The third kappa shape index (κ3) is 3.29. The van der Waals surface area contributed by atoms with Gasteiger partial charge in [-0.2, -0.15) is 0 Å². The minimum Gasteiger partial charge on any atom is -0.496 e. The van der Waals surface area contributed by atoms with Gasteiger partial charge in [0.1, 0.15) is 5.75 Å². The van der Waals surface area contributed by atoms with Gasteiger partial charge < -0.3 is 10.1 Å². The summed E-state index contributed by atoms with van der Waals surface area (Å²) in [4.78, 5) is 1.25. The van der Waals surface area contributed by atoms with E-state index in [-0.39, 0.29) is 6.04 Å². The molecule has 2 aromatic rings. The Hall–Kier alpha value is -1.16. The molecular weight excluding hydrogens is 290 g/mol. The lowest BCUT2D eigenvalue weighted by atomic mass is 9.98. The molecule has 0 amide bonds. The molecule has 0 saturated heterocycles. The van der Waals surface area contributed by atoms with Crippen molar-refractivity contribution in [2.24, 2.45) is 0 Å². The number of hydrogen-bond acceptors (Lipinski definition) is 3. The third-order valence-electron chi connectivity index (χ3n) is 3.24. The van der Waals surface area contributed by atoms with Gasteiger partial charge in [0.25, 0.3) is 0 Å². The van der Waals surface area contributed by atoms with Crippen LogP contribution in [-0.4, -0.2) is 20.4 Å². The van der Waals surface area contributed by atoms with Gasteiger partial charge in [-0.3, -0.25) is 0 Å². The molecule has 0 heterocycles. The van der Waals surface area contributed by atoms with Crippen LogP contribution in [0.2, 0.25) is 5.02 Å². The molecule has 0 aliphatic carbocycles. The zero-order chi connectivity index (χ0) is 14.5. The van der Waals surface area contributed by atoms with Gasteiger partial charge in [-0.25, -0.2) is 0 Å². The molecule has 0 spiro atoms. The smallest absolute Gasteiger partial charge is 0.124 e. The van der Waals surface area contributed by atoms with Crippen LogP contribution in [0.25, 0.3) is 0 Å². The number of thioether (sulfide) groups is 1. The second-order valence-electron chi connectivity index (χ2n) is 4.38. The molecule has 0 bridgehead atoms. The van der Waals surface area contributed by atoms with E-state index in [1.165, 1.54) is 10.5 Å². The molecule has 1 unspecified atom stereocenters. The van der Waals surface area contributed by atoms with Crippen LogP contribution in [0.15, 0.2) is 47.4 Å². The summed E-state index contributed by atoms with van der Waals surface area (Å²) in [6, 6.07) is 14.3. The Bertz CT molecular complexity index is 571. The van der Waals surface area contributed by atoms with Crippen LogP contribution >= 0.6 is 23.4 Å². The summed E-state index contributed by atoms with van der Waals surface area (Å²) in [5, 5.41) is 4.04. The van der Waals surface area contributed by atoms with E-state index in [1.807, 2.05) is 25.2 Å². The maximum atomic E-state index is 6.12. The molecule has 2 nitrogen and oxygen atoms in total. The first-order valence-corrected chi connectivity index (χ1v) is 7.94. The number of nitrogens with one attached hydrogen (secondary N) is 1. The highest BCUT2D eigenvalue weighted by atomic mass is 35.5. The van der Waals surface area contributed by atoms with Crippen molar-refractivity contribution in [2.75, 3.05) is 20.4 Å². The monoisotopic (exact) mass is 307 g/mol. The van der Waals surface area contributed by atoms with Crippen LogP contribution in [0.3, 0.4) is 0 Å². The molecule has 0 saturated carbocycles. The fourth-order valence-electron chi connectivity index (χ4n) is 2.23. The summed E-state index contributed by atoms with van der Waals surface area (Å²) in [5.74, 6) is 0.836. The van der Waals surface area contributed by atoms with Crippen molar-refractivity contribution in [3.8, 4) is 5.75 Å². The van der Waals surface area contributed by atoms with Gasteiger partial charge in [-0.1, -0.05) is 23.7 Å². The van der Waals surface area contributed by atoms with E-state index in [2.05, 4.69) is 35.8 Å². The predicted molar refractivity (Wildman–Crippen MR) is 87.1 cm³/mol. The lowest BCUT2D eigenvalue weighted by Gasteiger charge is -2.20. The molecule has 2 rings (SSSR count). The van der Waals surface area contributed by atoms with Crippen molar-refractivity contribution < 1.29 is 4.74 Å². The molecule has 0 radical (unpaired) electrons. The number of halogens is 1. The second kappa shape index (κ2) is 7.02. The number of hydrogen-bond donors (Lipinski definition) is 1. The molecule has 0 aliphatic heterocycles. The number of rotatable bonds is 5. The Morgan fingerprint density at radius 2 is 1.85 bits per heavy atom. The van der Waals surface area contributed by atoms with Gasteiger partial charge in [0.2, 0.25) is 0 Å². The lowest BCUT2D eigenvalue weighted by Crippen LogP contribution is -2.18. The second-order valence-corrected chi connectivity index (χ2v) is 5.70. The Balaban J connectivity index is 2.43. The van der Waals surface area contributed by atoms with Crippen molar-refractivity contribution in [2.45, 2.75) is 10.9 Å². The molecule has 1 N–H and O–H groups in total. The van der Waals surface area contributed by atoms with Crippen LogP contribution in [0.1, 0.15) is 17.2 Å². The number of ether oxygens (including phenoxy) is 1. The fraction of sp³-hybridized carbons (Fsp3) is 0.250. The van der Waals surface area contributed by atoms with Crippen LogP contribution < -0.4 is 10.1 Å². The maximum absolute atomic E-state index is 6.12. The van der Waals surface area contributed by atoms with Gasteiger partial charge >= 0.3 is 0 Å². The first kappa shape index (κ1) is 15.2. The molecule has 0 aliphatic rings. The van der Waals surface area contributed by atoms with E-state index in [4.69, 9.17) is 16.3 Å². The quantitative estimate of drug-likeness (QED) is 0.828. The molecular formula is C16H18ClNOS. The van der Waals surface area contributed by atoms with Gasteiger partial charge in [-0.15, -0.1) is 11.8 Å². The molecule has 20 heavy (non-hydrogen) atoms. The largest absolute Gasteiger partial charge is 0.496 e. The summed E-state index contributed by atoms with van der Waals surface area (Å²) in [6.07, 6.45) is 2.07. The highest BCUT2D eigenvalue weighted by Crippen LogP contribution is 2.32. The Kier molecular flexibility index (Phi) is 5.35. The molecule has 4 heteroatoms. The summed E-state index contributed by atoms with van der Waals surface area (Å²) in [5.41, 5.74) is 2.23. The Morgan fingerprint density at radius 1 is 1.15 bits per heavy atom. The van der Waals surface area contributed by atoms with E-state index >= 15 is 0 Å². The summed E-state index contributed by atoms with van der Waals surface area (Å²) in [7, 11) is 3.61. The topological polar surface area (TPSA) is 21.3 Å². The van der Waals surface area contributed by atoms with Crippen LogP contribution in [-0.2, 0) is 0 Å². The van der Waals surface area contributed by atoms with Crippen molar-refractivity contribution in [3.05, 3.63) is 58.6 Å². The highest BCUT2D eigenvalue weighted by molar-refractivity contribution is 7.98. The molecule has 0 aromatic heterocycles. The lowest BCUT2D eigenvalue weighted by molar-refractivity contribution is 0.405. The predicted octanol–water partition coefficient (Wildman–Crippen LogP) is 4.38. The number of methoxy groups -OCH3 is 1. The van der Waals surface area contributed by atoms with Crippen molar-refractivity contribution in [1.82, 2.24) is 5.32 Å². The van der Waals surface area contributed by atoms with E-state index in [1.54, 1.807) is 18.9 Å². The van der Waals surface area contributed by atoms with Gasteiger partial charge in [0.05, 0.1) is 13.2 Å². The summed E-state index contributed by atoms with van der Waals surface area (Å²) < 4.78 is 5.45. The van der Waals surface area contributed by atoms with Crippen molar-refractivity contribution in [1.29, 1.82) is 0 Å². The van der Waals surface area contributed by atoms with Crippen LogP contribution in [0.4, 0.5) is 0 Å². The zero-order valence-electron chi connectivity index (χ0n) is 11.8. The maximum Gasteiger partial charge on any atom is 0.124 e. The Morgan fingerprint density at radius 3 is 2.40 bits per heavy atom. The summed E-state index contributed by atoms with van der Waals surface area (Å²) in [6.45, 7) is 0. The first-order valence-electron chi connectivity index (χ1n) is 6.34. The SMILES string of the molecule is CNC(c1ccc(SC)cc1)c1cc(Cl)ccc1OC. The Labute approximate surface area is 129 Å². The fourth-order valence-corrected chi connectivity index (χ4v) is 2.82. The molecule has 106 valence electrons. The van der Waals surface area contributed by atoms with Crippen molar-refractivity contribution >= 4 is 23.4 Å². The molecule has 2 aromatic carbocycles. The van der Waals surface area contributed by atoms with Gasteiger partial charge in [-0.05, 0) is 49.2 Å². The van der Waals surface area contributed by atoms with Crippen molar-refractivity contribution in [3.63, 3.8) is 0 Å². The van der Waals surface area contributed by atoms with Gasteiger partial charge in [0.15, 0.2) is 0 Å². The standard InChI is InChI=1S/C16H18ClNOS/c1-18-16(11-4-7-13(20-3)8-5-11)14-10-12(17)6-9-15(14)19-2/h4-10,16,18H,1-3H3. The van der Waals surface area contributed by atoms with Crippen LogP contribution in [0.5, 0.6) is 5.75 Å². The minimum atomic E-state index is 0.0551. The highest BCUT2D eigenvalue weighted by Gasteiger charge is 2.17. The molecule has 1 atom stereocenters. The normalized spacial score (nSPS) is 12.2. The first-order chi connectivity index (χ1) is 9.69. The number of benzene rings is 2. The average Bonchev–Trinajstić information content (AvgIpc) is 2.49. The zero-order valence-corrected chi connectivity index (χ0v) is 13.4. The van der Waals surface area contributed by atoms with E-state index < -0.39 is 0 Å². The minimum absolute atomic E-state index is 0.0551. The van der Waals surface area contributed by atoms with Gasteiger partial charge in [0, 0.05) is 15.5 Å². The summed E-state index contributed by atoms with van der Waals surface area (Å²) >= 11 is 7.86. The van der Waals surface area contributed by atoms with Crippen LogP contribution in [0, 0.1) is 0 Å². The van der Waals surface area contributed by atoms with E-state index in [9.17, 15) is 0 Å². The third-order valence-corrected chi connectivity index (χ3v) is 4.22. The van der Waals surface area contributed by atoms with E-state index in [0.29, 0.717) is 5.02 Å². The average molecular weight is 308 g/mol. The van der Waals surface area contributed by atoms with E-state index in [0.717, 1.165) is 11.3 Å². The molecule has 0 fully saturated rings.